The molecule has 128 valence electrons. The monoisotopic (exact) mass is 360 g/mol. The van der Waals surface area contributed by atoms with Gasteiger partial charge in [-0.3, -0.25) is 10.1 Å². The number of anilines is 1. The molecule has 0 spiro atoms. The molecule has 0 saturated heterocycles. The van der Waals surface area contributed by atoms with Crippen LogP contribution in [0.25, 0.3) is 0 Å². The lowest BCUT2D eigenvalue weighted by Crippen LogP contribution is -2.20. The van der Waals surface area contributed by atoms with Gasteiger partial charge in [0.25, 0.3) is 5.91 Å². The fourth-order valence-electron chi connectivity index (χ4n) is 2.11. The number of nitrogens with one attached hydrogen (secondary N) is 1. The minimum absolute atomic E-state index is 0.240. The van der Waals surface area contributed by atoms with Crippen molar-refractivity contribution in [1.29, 1.82) is 0 Å². The smallest absolute Gasteiger partial charge is 0.264 e. The van der Waals surface area contributed by atoms with Crippen molar-refractivity contribution in [3.05, 3.63) is 76.8 Å². The van der Waals surface area contributed by atoms with Gasteiger partial charge in [0, 0.05) is 23.6 Å². The number of aromatic nitrogens is 1. The summed E-state index contributed by atoms with van der Waals surface area (Å²) in [6.45, 7) is -0.240. The first-order valence-electron chi connectivity index (χ1n) is 7.46. The molecule has 1 heterocycles. The molecule has 3 aromatic rings. The van der Waals surface area contributed by atoms with Gasteiger partial charge in [0.1, 0.15) is 17.4 Å². The number of nitrogens with zero attached hydrogens (tertiary/aromatic N) is 1. The molecule has 0 saturated carbocycles. The number of benzene rings is 2. The van der Waals surface area contributed by atoms with Crippen LogP contribution in [0.1, 0.15) is 10.4 Å². The first kappa shape index (κ1) is 17.0. The van der Waals surface area contributed by atoms with Crippen LogP contribution in [0.15, 0.2) is 54.7 Å². The molecule has 25 heavy (non-hydrogen) atoms. The Morgan fingerprint density at radius 2 is 1.92 bits per heavy atom. The van der Waals surface area contributed by atoms with E-state index in [-0.39, 0.29) is 24.1 Å². The minimum atomic E-state index is -0.428. The molecular formula is C18H14F2N2O2S. The third-order valence-electron chi connectivity index (χ3n) is 3.26. The Balaban J connectivity index is 1.52. The molecule has 0 fully saturated rings. The Kier molecular flexibility index (Phi) is 5.35. The van der Waals surface area contributed by atoms with E-state index in [4.69, 9.17) is 4.74 Å². The number of amides is 1. The van der Waals surface area contributed by atoms with Crippen molar-refractivity contribution >= 4 is 22.4 Å². The molecule has 0 unspecified atom stereocenters. The molecule has 0 atom stereocenters. The first-order chi connectivity index (χ1) is 12.1. The van der Waals surface area contributed by atoms with Crippen LogP contribution in [0.2, 0.25) is 0 Å². The fraction of sp³-hybridized carbons (Fsp3) is 0.111. The van der Waals surface area contributed by atoms with E-state index in [9.17, 15) is 13.6 Å². The summed E-state index contributed by atoms with van der Waals surface area (Å²) in [5.41, 5.74) is 0.956. The van der Waals surface area contributed by atoms with Gasteiger partial charge in [-0.25, -0.2) is 13.8 Å². The van der Waals surface area contributed by atoms with Crippen LogP contribution in [0.5, 0.6) is 5.75 Å². The van der Waals surface area contributed by atoms with E-state index in [2.05, 4.69) is 10.3 Å². The Morgan fingerprint density at radius 1 is 1.12 bits per heavy atom. The highest BCUT2D eigenvalue weighted by molar-refractivity contribution is 7.15. The highest BCUT2D eigenvalue weighted by Crippen LogP contribution is 2.21. The minimum Gasteiger partial charge on any atom is -0.484 e. The zero-order valence-corrected chi connectivity index (χ0v) is 13.9. The van der Waals surface area contributed by atoms with Gasteiger partial charge in [-0.05, 0) is 29.8 Å². The molecule has 0 aliphatic carbocycles. The molecule has 1 N–H and O–H groups in total. The summed E-state index contributed by atoms with van der Waals surface area (Å²) < 4.78 is 31.2. The lowest BCUT2D eigenvalue weighted by atomic mass is 10.1. The lowest BCUT2D eigenvalue weighted by molar-refractivity contribution is -0.118. The Bertz CT molecular complexity index is 866. The summed E-state index contributed by atoms with van der Waals surface area (Å²) in [6, 6.07) is 11.8. The quantitative estimate of drug-likeness (QED) is 0.722. The maximum atomic E-state index is 13.0. The Hall–Kier alpha value is -2.80. The molecule has 1 aromatic heterocycles. The standard InChI is InChI=1S/C18H14F2N2O2S/c19-13-6-4-12(5-7-13)8-16-10-21-18(25-16)22-17(23)11-24-15-3-1-2-14(20)9-15/h1-7,9-10H,8,11H2,(H,21,22,23). The molecule has 0 aliphatic heterocycles. The lowest BCUT2D eigenvalue weighted by Gasteiger charge is -2.05. The predicted octanol–water partition coefficient (Wildman–Crippen LogP) is 4.03. The number of carbonyl (C=O) groups excluding carboxylic acids is 1. The normalized spacial score (nSPS) is 10.5. The number of carbonyl (C=O) groups is 1. The van der Waals surface area contributed by atoms with Gasteiger partial charge in [0.15, 0.2) is 11.7 Å². The van der Waals surface area contributed by atoms with Crippen LogP contribution in [0.3, 0.4) is 0 Å². The molecule has 0 aliphatic rings. The van der Waals surface area contributed by atoms with Crippen LogP contribution in [-0.4, -0.2) is 17.5 Å². The zero-order valence-electron chi connectivity index (χ0n) is 13.0. The molecule has 3 rings (SSSR count). The Morgan fingerprint density at radius 3 is 2.68 bits per heavy atom. The van der Waals surface area contributed by atoms with E-state index in [0.29, 0.717) is 11.6 Å². The van der Waals surface area contributed by atoms with Crippen LogP contribution in [0.4, 0.5) is 13.9 Å². The van der Waals surface area contributed by atoms with Crippen molar-refractivity contribution in [3.63, 3.8) is 0 Å². The summed E-state index contributed by atoms with van der Waals surface area (Å²) in [6.07, 6.45) is 2.27. The SMILES string of the molecule is O=C(COc1cccc(F)c1)Nc1ncc(Cc2ccc(F)cc2)s1. The average Bonchev–Trinajstić information content (AvgIpc) is 3.02. The molecule has 0 radical (unpaired) electrons. The van der Waals surface area contributed by atoms with Gasteiger partial charge in [0.05, 0.1) is 0 Å². The number of thiazole rings is 1. The van der Waals surface area contributed by atoms with Crippen molar-refractivity contribution in [2.24, 2.45) is 0 Å². The second kappa shape index (κ2) is 7.85. The number of ether oxygens (including phenoxy) is 1. The van der Waals surface area contributed by atoms with Gasteiger partial charge in [-0.15, -0.1) is 11.3 Å². The van der Waals surface area contributed by atoms with E-state index < -0.39 is 5.82 Å². The molecule has 0 bridgehead atoms. The molecular weight excluding hydrogens is 346 g/mol. The van der Waals surface area contributed by atoms with Crippen LogP contribution in [-0.2, 0) is 11.2 Å². The largest absolute Gasteiger partial charge is 0.484 e. The summed E-state index contributed by atoms with van der Waals surface area (Å²) in [5.74, 6) is -0.805. The zero-order chi connectivity index (χ0) is 17.6. The van der Waals surface area contributed by atoms with E-state index in [1.807, 2.05) is 0 Å². The molecule has 4 nitrogen and oxygen atoms in total. The summed E-state index contributed by atoms with van der Waals surface area (Å²) >= 11 is 1.33. The highest BCUT2D eigenvalue weighted by Gasteiger charge is 2.08. The summed E-state index contributed by atoms with van der Waals surface area (Å²) in [5, 5.41) is 3.08. The number of hydrogen-bond donors (Lipinski definition) is 1. The van der Waals surface area contributed by atoms with Crippen molar-refractivity contribution in [2.45, 2.75) is 6.42 Å². The third-order valence-corrected chi connectivity index (χ3v) is 4.17. The second-order valence-electron chi connectivity index (χ2n) is 5.23. The van der Waals surface area contributed by atoms with Crippen LogP contribution < -0.4 is 10.1 Å². The average molecular weight is 360 g/mol. The summed E-state index contributed by atoms with van der Waals surface area (Å²) in [4.78, 5) is 16.9. The fourth-order valence-corrected chi connectivity index (χ4v) is 2.97. The summed E-state index contributed by atoms with van der Waals surface area (Å²) in [7, 11) is 0. The number of halogens is 2. The van der Waals surface area contributed by atoms with Crippen LogP contribution in [0, 0.1) is 11.6 Å². The third kappa shape index (κ3) is 5.09. The second-order valence-corrected chi connectivity index (χ2v) is 6.34. The maximum absolute atomic E-state index is 13.0. The van der Waals surface area contributed by atoms with Crippen molar-refractivity contribution in [3.8, 4) is 5.75 Å². The van der Waals surface area contributed by atoms with Crippen molar-refractivity contribution < 1.29 is 18.3 Å². The van der Waals surface area contributed by atoms with Gasteiger partial charge < -0.3 is 4.74 Å². The first-order valence-corrected chi connectivity index (χ1v) is 8.27. The highest BCUT2D eigenvalue weighted by atomic mass is 32.1. The van der Waals surface area contributed by atoms with Crippen molar-refractivity contribution in [2.75, 3.05) is 11.9 Å². The maximum Gasteiger partial charge on any atom is 0.264 e. The van der Waals surface area contributed by atoms with Gasteiger partial charge in [-0.2, -0.15) is 0 Å². The van der Waals surface area contributed by atoms with E-state index in [0.717, 1.165) is 10.4 Å². The van der Waals surface area contributed by atoms with E-state index >= 15 is 0 Å². The molecule has 7 heteroatoms. The predicted molar refractivity (Wildman–Crippen MR) is 91.8 cm³/mol. The molecule has 1 amide bonds. The van der Waals surface area contributed by atoms with Gasteiger partial charge >= 0.3 is 0 Å². The van der Waals surface area contributed by atoms with Gasteiger partial charge in [0.2, 0.25) is 0 Å². The topological polar surface area (TPSA) is 51.2 Å². The number of rotatable bonds is 6. The van der Waals surface area contributed by atoms with Crippen molar-refractivity contribution in [1.82, 2.24) is 4.98 Å². The molecule has 2 aromatic carbocycles. The number of hydrogen-bond acceptors (Lipinski definition) is 4. The van der Waals surface area contributed by atoms with Gasteiger partial charge in [-0.1, -0.05) is 18.2 Å². The van der Waals surface area contributed by atoms with Crippen LogP contribution >= 0.6 is 11.3 Å². The van der Waals surface area contributed by atoms with E-state index in [1.165, 1.54) is 41.7 Å². The van der Waals surface area contributed by atoms with E-state index in [1.54, 1.807) is 24.4 Å². The Labute approximate surface area is 147 Å².